The number of carbonyl (C=O) groups is 1. The van der Waals surface area contributed by atoms with Gasteiger partial charge >= 0.3 is 0 Å². The summed E-state index contributed by atoms with van der Waals surface area (Å²) in [5.41, 5.74) is 3.12. The summed E-state index contributed by atoms with van der Waals surface area (Å²) in [4.78, 5) is 14.1. The molecule has 2 aliphatic rings. The zero-order chi connectivity index (χ0) is 16.8. The zero-order valence-electron chi connectivity index (χ0n) is 13.6. The van der Waals surface area contributed by atoms with Crippen LogP contribution in [-0.2, 0) is 12.8 Å². The fraction of sp³-hybridized carbons (Fsp3) is 0.389. The van der Waals surface area contributed by atoms with E-state index >= 15 is 0 Å². The Bertz CT molecular complexity index is 818. The summed E-state index contributed by atoms with van der Waals surface area (Å²) in [7, 11) is 1.64. The second-order valence-corrected chi connectivity index (χ2v) is 8.46. The summed E-state index contributed by atoms with van der Waals surface area (Å²) >= 11 is 5.26. The first-order chi connectivity index (χ1) is 11.6. The number of hydrogen-bond acceptors (Lipinski definition) is 4. The third-order valence-corrected chi connectivity index (χ3v) is 6.60. The van der Waals surface area contributed by atoms with Crippen LogP contribution in [0.15, 0.2) is 22.7 Å². The Morgan fingerprint density at radius 1 is 1.33 bits per heavy atom. The van der Waals surface area contributed by atoms with Crippen LogP contribution in [0.5, 0.6) is 5.75 Å². The molecule has 2 N–H and O–H groups in total. The lowest BCUT2D eigenvalue weighted by Crippen LogP contribution is -2.38. The first-order valence-corrected chi connectivity index (χ1v) is 9.73. The maximum absolute atomic E-state index is 12.7. The Labute approximate surface area is 153 Å². The van der Waals surface area contributed by atoms with Gasteiger partial charge in [-0.05, 0) is 64.4 Å². The van der Waals surface area contributed by atoms with Crippen molar-refractivity contribution in [3.8, 4) is 5.75 Å². The van der Waals surface area contributed by atoms with Gasteiger partial charge in [0.2, 0.25) is 0 Å². The minimum Gasteiger partial charge on any atom is -0.496 e. The highest BCUT2D eigenvalue weighted by Crippen LogP contribution is 2.42. The second-order valence-electron chi connectivity index (χ2n) is 6.50. The monoisotopic (exact) mass is 406 g/mol. The summed E-state index contributed by atoms with van der Waals surface area (Å²) < 4.78 is 6.16. The highest BCUT2D eigenvalue weighted by Gasteiger charge is 2.33. The van der Waals surface area contributed by atoms with Gasteiger partial charge in [-0.1, -0.05) is 13.0 Å². The van der Waals surface area contributed by atoms with Gasteiger partial charge in [0.05, 0.1) is 17.1 Å². The lowest BCUT2D eigenvalue weighted by molar-refractivity contribution is 0.0935. The van der Waals surface area contributed by atoms with Crippen molar-refractivity contribution in [3.05, 3.63) is 44.2 Å². The van der Waals surface area contributed by atoms with E-state index in [2.05, 4.69) is 33.5 Å². The lowest BCUT2D eigenvalue weighted by Gasteiger charge is -2.27. The van der Waals surface area contributed by atoms with E-state index in [1.807, 2.05) is 18.2 Å². The second kappa shape index (κ2) is 6.08. The molecule has 0 unspecified atom stereocenters. The van der Waals surface area contributed by atoms with Gasteiger partial charge in [0, 0.05) is 4.88 Å². The fourth-order valence-electron chi connectivity index (χ4n) is 3.49. The van der Waals surface area contributed by atoms with Gasteiger partial charge in [0.25, 0.3) is 5.91 Å². The van der Waals surface area contributed by atoms with Crippen molar-refractivity contribution >= 4 is 38.2 Å². The minimum absolute atomic E-state index is 0.0349. The lowest BCUT2D eigenvalue weighted by atomic mass is 9.88. The molecule has 1 aliphatic carbocycles. The molecule has 0 spiro atoms. The maximum atomic E-state index is 12.7. The van der Waals surface area contributed by atoms with Gasteiger partial charge in [0.1, 0.15) is 16.9 Å². The largest absolute Gasteiger partial charge is 0.496 e. The van der Waals surface area contributed by atoms with Crippen molar-refractivity contribution in [2.24, 2.45) is 5.92 Å². The van der Waals surface area contributed by atoms with Crippen LogP contribution in [0.2, 0.25) is 0 Å². The molecule has 6 heteroatoms. The summed E-state index contributed by atoms with van der Waals surface area (Å²) in [6, 6.07) is 5.86. The Morgan fingerprint density at radius 2 is 2.17 bits per heavy atom. The normalized spacial score (nSPS) is 22.2. The molecule has 1 aliphatic heterocycles. The molecule has 1 aromatic carbocycles. The number of hydrogen-bond donors (Lipinski definition) is 2. The number of halogens is 1. The standard InChI is InChI=1S/C18H19BrN2O2S/c1-9-3-5-11-14(7-9)24-18-15(11)17(22)20-16(21-18)10-4-6-13(23-2)12(19)8-10/h4,6,8-9,16,21H,3,5,7H2,1-2H3,(H,20,22)/t9-,16-/m0/s1. The number of carbonyl (C=O) groups excluding carboxylic acids is 1. The van der Waals surface area contributed by atoms with Crippen molar-refractivity contribution < 1.29 is 9.53 Å². The molecule has 2 atom stereocenters. The number of amides is 1. The van der Waals surface area contributed by atoms with Crippen LogP contribution in [0.3, 0.4) is 0 Å². The van der Waals surface area contributed by atoms with Gasteiger partial charge in [0.15, 0.2) is 0 Å². The number of thiophene rings is 1. The van der Waals surface area contributed by atoms with Crippen molar-refractivity contribution in [1.29, 1.82) is 0 Å². The predicted octanol–water partition coefficient (Wildman–Crippen LogP) is 4.50. The van der Waals surface area contributed by atoms with Crippen molar-refractivity contribution in [2.75, 3.05) is 12.4 Å². The van der Waals surface area contributed by atoms with Crippen molar-refractivity contribution in [1.82, 2.24) is 5.32 Å². The van der Waals surface area contributed by atoms with Crippen LogP contribution in [0.4, 0.5) is 5.00 Å². The van der Waals surface area contributed by atoms with Crippen LogP contribution < -0.4 is 15.4 Å². The minimum atomic E-state index is -0.218. The molecule has 2 heterocycles. The first kappa shape index (κ1) is 16.0. The number of rotatable bonds is 2. The van der Waals surface area contributed by atoms with Crippen LogP contribution >= 0.6 is 27.3 Å². The van der Waals surface area contributed by atoms with Crippen LogP contribution in [0.25, 0.3) is 0 Å². The molecule has 1 aromatic heterocycles. The zero-order valence-corrected chi connectivity index (χ0v) is 16.0. The smallest absolute Gasteiger partial charge is 0.256 e. The third-order valence-electron chi connectivity index (χ3n) is 4.80. The van der Waals surface area contributed by atoms with E-state index in [-0.39, 0.29) is 12.1 Å². The first-order valence-electron chi connectivity index (χ1n) is 8.12. The summed E-state index contributed by atoms with van der Waals surface area (Å²) in [6.45, 7) is 2.28. The summed E-state index contributed by atoms with van der Waals surface area (Å²) in [5, 5.41) is 7.61. The van der Waals surface area contributed by atoms with Gasteiger partial charge < -0.3 is 15.4 Å². The van der Waals surface area contributed by atoms with Gasteiger partial charge in [-0.3, -0.25) is 4.79 Å². The SMILES string of the molecule is COc1ccc([C@H]2NC(=O)c3c(sc4c3CC[C@H](C)C4)N2)cc1Br. The van der Waals surface area contributed by atoms with Crippen LogP contribution in [0.1, 0.15) is 45.9 Å². The molecule has 0 radical (unpaired) electrons. The average Bonchev–Trinajstić information content (AvgIpc) is 2.92. The average molecular weight is 407 g/mol. The summed E-state index contributed by atoms with van der Waals surface area (Å²) in [5.74, 6) is 1.52. The van der Waals surface area contributed by atoms with E-state index in [9.17, 15) is 4.79 Å². The molecular formula is C18H19BrN2O2S. The van der Waals surface area contributed by atoms with E-state index in [1.54, 1.807) is 18.4 Å². The molecule has 0 saturated heterocycles. The molecule has 1 amide bonds. The Kier molecular flexibility index (Phi) is 4.04. The predicted molar refractivity (Wildman–Crippen MR) is 100 cm³/mol. The number of anilines is 1. The molecule has 126 valence electrons. The van der Waals surface area contributed by atoms with E-state index in [4.69, 9.17) is 4.74 Å². The van der Waals surface area contributed by atoms with Gasteiger partial charge in [-0.25, -0.2) is 0 Å². The fourth-order valence-corrected chi connectivity index (χ4v) is 5.49. The third kappa shape index (κ3) is 2.62. The molecular weight excluding hydrogens is 388 g/mol. The van der Waals surface area contributed by atoms with Gasteiger partial charge in [-0.15, -0.1) is 11.3 Å². The number of nitrogens with one attached hydrogen (secondary N) is 2. The van der Waals surface area contributed by atoms with E-state index in [0.29, 0.717) is 5.92 Å². The number of fused-ring (bicyclic) bond motifs is 3. The quantitative estimate of drug-likeness (QED) is 0.771. The molecule has 2 aromatic rings. The molecule has 0 saturated carbocycles. The van der Waals surface area contributed by atoms with E-state index in [1.165, 1.54) is 10.4 Å². The Hall–Kier alpha value is -1.53. The molecule has 0 fully saturated rings. The van der Waals surface area contributed by atoms with Crippen molar-refractivity contribution in [2.45, 2.75) is 32.4 Å². The van der Waals surface area contributed by atoms with Crippen LogP contribution in [0, 0.1) is 5.92 Å². The maximum Gasteiger partial charge on any atom is 0.256 e. The molecule has 4 rings (SSSR count). The van der Waals surface area contributed by atoms with Crippen LogP contribution in [-0.4, -0.2) is 13.0 Å². The molecule has 4 nitrogen and oxygen atoms in total. The van der Waals surface area contributed by atoms with E-state index in [0.717, 1.165) is 45.6 Å². The number of benzene rings is 1. The van der Waals surface area contributed by atoms with Gasteiger partial charge in [-0.2, -0.15) is 0 Å². The topological polar surface area (TPSA) is 50.4 Å². The van der Waals surface area contributed by atoms with E-state index < -0.39 is 0 Å². The number of methoxy groups -OCH3 is 1. The highest BCUT2D eigenvalue weighted by molar-refractivity contribution is 9.10. The number of ether oxygens (including phenoxy) is 1. The highest BCUT2D eigenvalue weighted by atomic mass is 79.9. The Balaban J connectivity index is 1.67. The summed E-state index contributed by atoms with van der Waals surface area (Å²) in [6.07, 6.45) is 3.04. The van der Waals surface area contributed by atoms with Crippen molar-refractivity contribution in [3.63, 3.8) is 0 Å². The molecule has 24 heavy (non-hydrogen) atoms. The molecule has 0 bridgehead atoms. The Morgan fingerprint density at radius 3 is 2.92 bits per heavy atom.